The Bertz CT molecular complexity index is 1070. The van der Waals surface area contributed by atoms with Crippen molar-refractivity contribution >= 4 is 12.0 Å². The summed E-state index contributed by atoms with van der Waals surface area (Å²) >= 11 is 0. The molecule has 6 nitrogen and oxygen atoms in total. The molecular weight excluding hydrogens is 399 g/mol. The van der Waals surface area contributed by atoms with Crippen LogP contribution in [0.3, 0.4) is 0 Å². The van der Waals surface area contributed by atoms with Gasteiger partial charge >= 0.3 is 5.97 Å². The summed E-state index contributed by atoms with van der Waals surface area (Å²) in [5, 5.41) is 28.7. The number of aliphatic hydroxyl groups excluding tert-OH is 2. The number of halogens is 1. The van der Waals surface area contributed by atoms with Crippen molar-refractivity contribution in [3.63, 3.8) is 0 Å². The van der Waals surface area contributed by atoms with Crippen LogP contribution in [0.4, 0.5) is 4.39 Å². The molecule has 0 saturated heterocycles. The maximum atomic E-state index is 13.4. The highest BCUT2D eigenvalue weighted by atomic mass is 19.1. The summed E-state index contributed by atoms with van der Waals surface area (Å²) in [7, 11) is 0. The molecule has 0 spiro atoms. The molecule has 0 radical (unpaired) electrons. The number of aromatic nitrogens is 2. The normalized spacial score (nSPS) is 13.3. The van der Waals surface area contributed by atoms with Crippen LogP contribution in [-0.2, 0) is 4.79 Å². The van der Waals surface area contributed by atoms with Gasteiger partial charge in [0.25, 0.3) is 0 Å². The van der Waals surface area contributed by atoms with Gasteiger partial charge in [0, 0.05) is 28.8 Å². The minimum absolute atomic E-state index is 0.114. The molecule has 160 valence electrons. The van der Waals surface area contributed by atoms with Crippen LogP contribution in [0, 0.1) is 12.7 Å². The van der Waals surface area contributed by atoms with Gasteiger partial charge in [-0.25, -0.2) is 14.4 Å². The Kier molecular flexibility index (Phi) is 7.23. The predicted octanol–water partition coefficient (Wildman–Crippen LogP) is 3.86. The summed E-state index contributed by atoms with van der Waals surface area (Å²) in [4.78, 5) is 20.0. The van der Waals surface area contributed by atoms with Crippen molar-refractivity contribution in [3.8, 4) is 22.6 Å². The molecule has 0 aliphatic carbocycles. The van der Waals surface area contributed by atoms with E-state index in [1.165, 1.54) is 18.2 Å². The molecule has 0 saturated carbocycles. The monoisotopic (exact) mass is 422 g/mol. The van der Waals surface area contributed by atoms with Crippen molar-refractivity contribution in [1.82, 2.24) is 9.97 Å². The molecule has 0 amide bonds. The number of aliphatic carboxylic acids is 1. The third-order valence-corrected chi connectivity index (χ3v) is 4.69. The topological polar surface area (TPSA) is 104 Å². The maximum absolute atomic E-state index is 13.4. The minimum Gasteiger partial charge on any atom is -0.481 e. The van der Waals surface area contributed by atoms with E-state index in [1.54, 1.807) is 18.2 Å². The third-order valence-electron chi connectivity index (χ3n) is 4.69. The number of carboxylic acids is 1. The number of rotatable bonds is 8. The average Bonchev–Trinajstić information content (AvgIpc) is 2.73. The van der Waals surface area contributed by atoms with Crippen molar-refractivity contribution < 1.29 is 24.5 Å². The van der Waals surface area contributed by atoms with Crippen LogP contribution in [0.15, 0.2) is 60.7 Å². The van der Waals surface area contributed by atoms with Crippen molar-refractivity contribution in [2.24, 2.45) is 0 Å². The van der Waals surface area contributed by atoms with Crippen LogP contribution in [-0.4, -0.2) is 43.5 Å². The van der Waals surface area contributed by atoms with Gasteiger partial charge in [0.15, 0.2) is 5.82 Å². The standard InChI is InChI=1S/C24H23FN2O4/c1-15-21(12-11-19(28)13-20(29)14-22(30)31)23(16-7-9-18(25)10-8-16)27-24(26-15)17-5-3-2-4-6-17/h2-12,19-20,28-29H,13-14H2,1H3,(H,30,31)/t19-,20?/m1/s1. The highest BCUT2D eigenvalue weighted by Gasteiger charge is 2.16. The van der Waals surface area contributed by atoms with Gasteiger partial charge in [-0.2, -0.15) is 0 Å². The second-order valence-electron chi connectivity index (χ2n) is 7.18. The van der Waals surface area contributed by atoms with E-state index < -0.39 is 24.6 Å². The van der Waals surface area contributed by atoms with Gasteiger partial charge in [-0.05, 0) is 31.2 Å². The number of nitrogens with zero attached hydrogens (tertiary/aromatic N) is 2. The number of hydrogen-bond donors (Lipinski definition) is 3. The fourth-order valence-electron chi connectivity index (χ4n) is 3.17. The molecular formula is C24H23FN2O4. The number of carboxylic acid groups (broad SMARTS) is 1. The van der Waals surface area contributed by atoms with E-state index in [2.05, 4.69) is 9.97 Å². The van der Waals surface area contributed by atoms with E-state index in [1.807, 2.05) is 37.3 Å². The fraction of sp³-hybridized carbons (Fsp3) is 0.208. The summed E-state index contributed by atoms with van der Waals surface area (Å²) in [5.41, 5.74) is 3.38. The summed E-state index contributed by atoms with van der Waals surface area (Å²) in [6, 6.07) is 15.4. The zero-order valence-electron chi connectivity index (χ0n) is 16.9. The third kappa shape index (κ3) is 6.04. The van der Waals surface area contributed by atoms with E-state index in [0.717, 1.165) is 5.56 Å². The van der Waals surface area contributed by atoms with Crippen LogP contribution in [0.1, 0.15) is 24.1 Å². The number of aliphatic hydroxyl groups is 2. The predicted molar refractivity (Wildman–Crippen MR) is 116 cm³/mol. The molecule has 2 atom stereocenters. The van der Waals surface area contributed by atoms with Crippen molar-refractivity contribution in [1.29, 1.82) is 0 Å². The van der Waals surface area contributed by atoms with Gasteiger partial charge in [0.1, 0.15) is 5.82 Å². The molecule has 31 heavy (non-hydrogen) atoms. The molecule has 1 heterocycles. The number of benzene rings is 2. The molecule has 3 rings (SSSR count). The lowest BCUT2D eigenvalue weighted by Gasteiger charge is -2.13. The molecule has 0 aliphatic rings. The van der Waals surface area contributed by atoms with Crippen molar-refractivity contribution in [2.75, 3.05) is 0 Å². The van der Waals surface area contributed by atoms with Crippen LogP contribution in [0.2, 0.25) is 0 Å². The molecule has 1 aromatic heterocycles. The summed E-state index contributed by atoms with van der Waals surface area (Å²) in [5.74, 6) is -0.979. The Balaban J connectivity index is 1.98. The van der Waals surface area contributed by atoms with Gasteiger partial charge in [-0.15, -0.1) is 0 Å². The molecule has 0 aliphatic heterocycles. The quantitative estimate of drug-likeness (QED) is 0.509. The summed E-state index contributed by atoms with van der Waals surface area (Å²) in [6.07, 6.45) is 0.332. The molecule has 3 N–H and O–H groups in total. The SMILES string of the molecule is Cc1nc(-c2ccccc2)nc(-c2ccc(F)cc2)c1C=C[C@@H](O)CC(O)CC(=O)O. The second-order valence-corrected chi connectivity index (χ2v) is 7.18. The van der Waals surface area contributed by atoms with Gasteiger partial charge in [-0.1, -0.05) is 42.5 Å². The lowest BCUT2D eigenvalue weighted by molar-refractivity contribution is -0.139. The lowest BCUT2D eigenvalue weighted by atomic mass is 10.0. The summed E-state index contributed by atoms with van der Waals surface area (Å²) < 4.78 is 13.4. The molecule has 3 aromatic rings. The summed E-state index contributed by atoms with van der Waals surface area (Å²) in [6.45, 7) is 1.81. The molecule has 7 heteroatoms. The number of hydrogen-bond acceptors (Lipinski definition) is 5. The minimum atomic E-state index is -1.16. The van der Waals surface area contributed by atoms with Crippen LogP contribution in [0.25, 0.3) is 28.7 Å². The Labute approximate surface area is 179 Å². The Morgan fingerprint density at radius 3 is 2.35 bits per heavy atom. The van der Waals surface area contributed by atoms with E-state index in [-0.39, 0.29) is 12.2 Å². The first-order chi connectivity index (χ1) is 14.8. The lowest BCUT2D eigenvalue weighted by Crippen LogP contribution is -2.19. The number of carbonyl (C=O) groups is 1. The molecule has 1 unspecified atom stereocenters. The fourth-order valence-corrected chi connectivity index (χ4v) is 3.17. The van der Waals surface area contributed by atoms with Crippen molar-refractivity contribution in [2.45, 2.75) is 32.0 Å². The van der Waals surface area contributed by atoms with Crippen LogP contribution >= 0.6 is 0 Å². The van der Waals surface area contributed by atoms with Crippen molar-refractivity contribution in [3.05, 3.63) is 77.7 Å². The molecule has 0 fully saturated rings. The van der Waals surface area contributed by atoms with E-state index in [0.29, 0.717) is 28.3 Å². The Morgan fingerprint density at radius 2 is 1.71 bits per heavy atom. The number of aryl methyl sites for hydroxylation is 1. The Morgan fingerprint density at radius 1 is 1.03 bits per heavy atom. The maximum Gasteiger partial charge on any atom is 0.305 e. The highest BCUT2D eigenvalue weighted by Crippen LogP contribution is 2.28. The van der Waals surface area contributed by atoms with Gasteiger partial charge in [-0.3, -0.25) is 4.79 Å². The average molecular weight is 422 g/mol. The van der Waals surface area contributed by atoms with E-state index in [9.17, 15) is 19.4 Å². The zero-order valence-corrected chi connectivity index (χ0v) is 16.9. The first-order valence-corrected chi connectivity index (χ1v) is 9.79. The smallest absolute Gasteiger partial charge is 0.305 e. The van der Waals surface area contributed by atoms with Gasteiger partial charge < -0.3 is 15.3 Å². The van der Waals surface area contributed by atoms with Gasteiger partial charge in [0.2, 0.25) is 0 Å². The van der Waals surface area contributed by atoms with E-state index in [4.69, 9.17) is 5.11 Å². The van der Waals surface area contributed by atoms with E-state index >= 15 is 0 Å². The van der Waals surface area contributed by atoms with Crippen LogP contribution < -0.4 is 0 Å². The molecule has 0 bridgehead atoms. The van der Waals surface area contributed by atoms with Gasteiger partial charge in [0.05, 0.1) is 24.3 Å². The first-order valence-electron chi connectivity index (χ1n) is 9.79. The first kappa shape index (κ1) is 22.3. The zero-order chi connectivity index (χ0) is 22.4. The molecule has 2 aromatic carbocycles. The largest absolute Gasteiger partial charge is 0.481 e. The second kappa shape index (κ2) is 10.1. The Hall–Kier alpha value is -3.42. The highest BCUT2D eigenvalue weighted by molar-refractivity contribution is 5.75. The van der Waals surface area contributed by atoms with Crippen LogP contribution in [0.5, 0.6) is 0 Å².